The van der Waals surface area contributed by atoms with Gasteiger partial charge in [-0.3, -0.25) is 0 Å². The Bertz CT molecular complexity index is 606. The van der Waals surface area contributed by atoms with Crippen LogP contribution >= 0.6 is 0 Å². The van der Waals surface area contributed by atoms with Gasteiger partial charge in [-0.2, -0.15) is 13.2 Å². The molecule has 0 amide bonds. The zero-order valence-electron chi connectivity index (χ0n) is 10.1. The minimum atomic E-state index is -4.91. The summed E-state index contributed by atoms with van der Waals surface area (Å²) in [5.74, 6) is -15.9. The van der Waals surface area contributed by atoms with Crippen LogP contribution < -0.4 is 0 Å². The van der Waals surface area contributed by atoms with Gasteiger partial charge >= 0.3 is 12.1 Å². The van der Waals surface area contributed by atoms with E-state index in [4.69, 9.17) is 5.11 Å². The highest BCUT2D eigenvalue weighted by molar-refractivity contribution is 5.89. The molecule has 0 aliphatic carbocycles. The second-order valence-electron chi connectivity index (χ2n) is 3.70. The Morgan fingerprint density at radius 2 is 1.36 bits per heavy atom. The summed E-state index contributed by atoms with van der Waals surface area (Å²) in [5, 5.41) is 9.17. The van der Waals surface area contributed by atoms with Crippen LogP contribution in [0.5, 0.6) is 0 Å². The van der Waals surface area contributed by atoms with Crippen molar-refractivity contribution in [2.75, 3.05) is 6.61 Å². The molecule has 1 aromatic carbocycles. The number of esters is 1. The van der Waals surface area contributed by atoms with Gasteiger partial charge in [-0.05, 0) is 0 Å². The van der Waals surface area contributed by atoms with Crippen LogP contribution in [0.3, 0.4) is 0 Å². The number of alkyl halides is 3. The lowest BCUT2D eigenvalue weighted by Gasteiger charge is -2.08. The van der Waals surface area contributed by atoms with E-state index in [1.54, 1.807) is 0 Å². The third-order valence-corrected chi connectivity index (χ3v) is 2.10. The van der Waals surface area contributed by atoms with E-state index in [0.717, 1.165) is 0 Å². The summed E-state index contributed by atoms with van der Waals surface area (Å²) < 4.78 is 104. The second-order valence-corrected chi connectivity index (χ2v) is 3.70. The smallest absolute Gasteiger partial charge is 0.422 e. The van der Waals surface area contributed by atoms with Crippen LogP contribution in [0.25, 0.3) is 5.76 Å². The summed E-state index contributed by atoms with van der Waals surface area (Å²) >= 11 is 0. The van der Waals surface area contributed by atoms with Gasteiger partial charge in [0.05, 0.1) is 11.6 Å². The molecule has 0 aliphatic rings. The Hall–Kier alpha value is -2.33. The zero-order chi connectivity index (χ0) is 17.2. The van der Waals surface area contributed by atoms with Crippen LogP contribution in [0.2, 0.25) is 0 Å². The number of carbonyl (C=O) groups excluding carboxylic acids is 1. The van der Waals surface area contributed by atoms with Crippen LogP contribution in [0.4, 0.5) is 35.1 Å². The zero-order valence-corrected chi connectivity index (χ0v) is 10.1. The number of hydrogen-bond donors (Lipinski definition) is 1. The molecule has 1 aromatic rings. The molecular formula is C11H4F8O3. The molecule has 122 valence electrons. The van der Waals surface area contributed by atoms with Crippen molar-refractivity contribution in [2.45, 2.75) is 6.18 Å². The molecule has 0 atom stereocenters. The highest BCUT2D eigenvalue weighted by atomic mass is 19.4. The van der Waals surface area contributed by atoms with Crippen molar-refractivity contribution in [1.29, 1.82) is 0 Å². The number of halogens is 8. The van der Waals surface area contributed by atoms with Gasteiger partial charge in [0.1, 0.15) is 5.76 Å². The van der Waals surface area contributed by atoms with E-state index in [1.165, 1.54) is 0 Å². The lowest BCUT2D eigenvalue weighted by Crippen LogP contribution is -2.19. The number of benzene rings is 1. The van der Waals surface area contributed by atoms with Crippen molar-refractivity contribution in [3.05, 3.63) is 40.7 Å². The lowest BCUT2D eigenvalue weighted by atomic mass is 10.1. The first-order chi connectivity index (χ1) is 9.95. The van der Waals surface area contributed by atoms with E-state index in [0.29, 0.717) is 0 Å². The van der Waals surface area contributed by atoms with Gasteiger partial charge in [0, 0.05) is 0 Å². The van der Waals surface area contributed by atoms with E-state index in [9.17, 15) is 39.9 Å². The number of rotatable bonds is 3. The van der Waals surface area contributed by atoms with Gasteiger partial charge in [-0.15, -0.1) is 0 Å². The van der Waals surface area contributed by atoms with E-state index in [1.807, 2.05) is 0 Å². The topological polar surface area (TPSA) is 46.5 Å². The first-order valence-corrected chi connectivity index (χ1v) is 5.11. The van der Waals surface area contributed by atoms with Crippen molar-refractivity contribution in [3.8, 4) is 0 Å². The number of aliphatic hydroxyl groups excluding tert-OH is 1. The molecular weight excluding hydrogens is 332 g/mol. The molecule has 0 bridgehead atoms. The summed E-state index contributed by atoms with van der Waals surface area (Å²) in [6.45, 7) is -2.08. The van der Waals surface area contributed by atoms with Gasteiger partial charge in [0.25, 0.3) is 0 Å². The standard InChI is InChI=1S/C11H4F8O3/c12-6-5(7(13)9(15)10(16)8(6)14)3(20)1-4(21)22-2-11(17,18)19/h1,20H,2H2. The highest BCUT2D eigenvalue weighted by Crippen LogP contribution is 2.27. The number of ether oxygens (including phenoxy) is 1. The quantitative estimate of drug-likeness (QED) is 0.230. The largest absolute Gasteiger partial charge is 0.507 e. The molecule has 0 aromatic heterocycles. The molecule has 0 spiro atoms. The fourth-order valence-corrected chi connectivity index (χ4v) is 1.21. The van der Waals surface area contributed by atoms with Gasteiger partial charge in [0.15, 0.2) is 29.9 Å². The van der Waals surface area contributed by atoms with Gasteiger partial charge in [-0.1, -0.05) is 0 Å². The summed E-state index contributed by atoms with van der Waals surface area (Å²) in [6, 6.07) is 0. The molecule has 1 N–H and O–H groups in total. The first-order valence-electron chi connectivity index (χ1n) is 5.11. The Morgan fingerprint density at radius 3 is 1.77 bits per heavy atom. The minimum Gasteiger partial charge on any atom is -0.507 e. The van der Waals surface area contributed by atoms with Crippen LogP contribution in [0.15, 0.2) is 6.08 Å². The van der Waals surface area contributed by atoms with Crippen molar-refractivity contribution in [1.82, 2.24) is 0 Å². The Labute approximate surface area is 116 Å². The van der Waals surface area contributed by atoms with Gasteiger partial charge < -0.3 is 9.84 Å². The fourth-order valence-electron chi connectivity index (χ4n) is 1.21. The molecule has 1 rings (SSSR count). The van der Waals surface area contributed by atoms with Gasteiger partial charge in [0.2, 0.25) is 5.82 Å². The van der Waals surface area contributed by atoms with Crippen molar-refractivity contribution in [3.63, 3.8) is 0 Å². The van der Waals surface area contributed by atoms with Crippen LogP contribution in [-0.2, 0) is 9.53 Å². The number of carbonyl (C=O) groups is 1. The summed E-state index contributed by atoms with van der Waals surface area (Å²) in [4.78, 5) is 10.9. The van der Waals surface area contributed by atoms with Crippen molar-refractivity contribution < 1.29 is 49.8 Å². The first kappa shape index (κ1) is 17.7. The lowest BCUT2D eigenvalue weighted by molar-refractivity contribution is -0.182. The molecule has 22 heavy (non-hydrogen) atoms. The molecule has 0 radical (unpaired) electrons. The average Bonchev–Trinajstić information content (AvgIpc) is 2.40. The molecule has 0 unspecified atom stereocenters. The average molecular weight is 336 g/mol. The second kappa shape index (κ2) is 6.20. The third kappa shape index (κ3) is 3.86. The molecule has 0 aliphatic heterocycles. The van der Waals surface area contributed by atoms with Crippen LogP contribution in [-0.4, -0.2) is 23.9 Å². The summed E-state index contributed by atoms with van der Waals surface area (Å²) in [5.41, 5.74) is -1.87. The molecule has 0 heterocycles. The molecule has 0 saturated heterocycles. The minimum absolute atomic E-state index is 0.260. The Kier molecular flexibility index (Phi) is 4.99. The Morgan fingerprint density at radius 1 is 0.955 bits per heavy atom. The van der Waals surface area contributed by atoms with Crippen LogP contribution in [0, 0.1) is 29.1 Å². The van der Waals surface area contributed by atoms with Crippen molar-refractivity contribution >= 4 is 11.7 Å². The predicted molar refractivity (Wildman–Crippen MR) is 53.9 cm³/mol. The molecule has 11 heteroatoms. The molecule has 0 fully saturated rings. The number of hydrogen-bond acceptors (Lipinski definition) is 3. The molecule has 0 saturated carbocycles. The SMILES string of the molecule is O=C(C=C(O)c1c(F)c(F)c(F)c(F)c1F)OCC(F)(F)F. The summed E-state index contributed by atoms with van der Waals surface area (Å²) in [7, 11) is 0. The highest BCUT2D eigenvalue weighted by Gasteiger charge is 2.30. The maximum Gasteiger partial charge on any atom is 0.422 e. The maximum absolute atomic E-state index is 13.2. The number of aliphatic hydroxyl groups is 1. The van der Waals surface area contributed by atoms with E-state index >= 15 is 0 Å². The van der Waals surface area contributed by atoms with E-state index < -0.39 is 59.2 Å². The van der Waals surface area contributed by atoms with Crippen LogP contribution in [0.1, 0.15) is 5.56 Å². The summed E-state index contributed by atoms with van der Waals surface area (Å²) in [6.07, 6.45) is -5.17. The Balaban J connectivity index is 3.16. The van der Waals surface area contributed by atoms with Crippen molar-refractivity contribution in [2.24, 2.45) is 0 Å². The maximum atomic E-state index is 13.2. The predicted octanol–water partition coefficient (Wildman–Crippen LogP) is 3.39. The normalized spacial score (nSPS) is 12.5. The van der Waals surface area contributed by atoms with E-state index in [-0.39, 0.29) is 6.08 Å². The third-order valence-electron chi connectivity index (χ3n) is 2.10. The van der Waals surface area contributed by atoms with Gasteiger partial charge in [-0.25, -0.2) is 26.7 Å². The molecule has 3 nitrogen and oxygen atoms in total. The monoisotopic (exact) mass is 336 g/mol. The fraction of sp³-hybridized carbons (Fsp3) is 0.182. The van der Waals surface area contributed by atoms with E-state index in [2.05, 4.69) is 4.74 Å².